The largest absolute Gasteiger partial charge is 0.453 e. The highest BCUT2D eigenvalue weighted by molar-refractivity contribution is 6.54. The molecule has 2 aromatic rings. The number of ether oxygens (including phenoxy) is 1. The molecule has 0 spiro atoms. The Kier molecular flexibility index (Phi) is 5.23. The van der Waals surface area contributed by atoms with Crippen LogP contribution >= 0.6 is 11.6 Å². The van der Waals surface area contributed by atoms with Gasteiger partial charge in [-0.25, -0.2) is 0 Å². The maximum Gasteiger partial charge on any atom is 0.453 e. The van der Waals surface area contributed by atoms with Crippen molar-refractivity contribution in [2.24, 2.45) is 0 Å². The van der Waals surface area contributed by atoms with Crippen molar-refractivity contribution >= 4 is 34.0 Å². The van der Waals surface area contributed by atoms with E-state index in [9.17, 15) is 4.79 Å². The van der Waals surface area contributed by atoms with Crippen LogP contribution < -0.4 is 4.74 Å². The van der Waals surface area contributed by atoms with Gasteiger partial charge in [-0.05, 0) is 36.7 Å². The molecule has 0 saturated heterocycles. The lowest BCUT2D eigenvalue weighted by molar-refractivity contribution is -0.419. The molecule has 1 heterocycles. The van der Waals surface area contributed by atoms with Crippen LogP contribution in [0.3, 0.4) is 0 Å². The third kappa shape index (κ3) is 4.32. The normalized spacial score (nSPS) is 10.7. The summed E-state index contributed by atoms with van der Waals surface area (Å²) in [5.41, 5.74) is 1.17. The summed E-state index contributed by atoms with van der Waals surface area (Å²) in [5, 5.41) is 26.6. The van der Waals surface area contributed by atoms with Crippen LogP contribution in [-0.2, 0) is 4.79 Å². The van der Waals surface area contributed by atoms with Gasteiger partial charge in [-0.3, -0.25) is 9.59 Å². The molecule has 108 valence electrons. The first-order chi connectivity index (χ1) is 9.28. The average Bonchev–Trinajstić information content (AvgIpc) is 2.70. The van der Waals surface area contributed by atoms with Crippen molar-refractivity contribution in [3.05, 3.63) is 30.0 Å². The molecule has 20 heavy (non-hydrogen) atoms. The summed E-state index contributed by atoms with van der Waals surface area (Å²) in [6.45, 7) is 1.42. The molecule has 0 unspecified atom stereocenters. The number of aromatic amines is 1. The van der Waals surface area contributed by atoms with Gasteiger partial charge in [-0.1, -0.05) is 0 Å². The first kappa shape index (κ1) is 16.1. The molecule has 0 bridgehead atoms. The summed E-state index contributed by atoms with van der Waals surface area (Å²) in [6.07, 6.45) is -1.68. The van der Waals surface area contributed by atoms with Crippen molar-refractivity contribution in [1.29, 1.82) is 0 Å². The summed E-state index contributed by atoms with van der Waals surface area (Å²) >= 11 is 4.32. The van der Waals surface area contributed by atoms with Crippen LogP contribution in [0, 0.1) is 0 Å². The standard InChI is InChI=1S/C11H11NO5.CHClO/c1-6(13)9-5-12-10-3-2-7(4-8(9)10)17-11(14,15)16;2-1-3/h2-5,12,14-16H,1H3;1H. The average molecular weight is 302 g/mol. The first-order valence-electron chi connectivity index (χ1n) is 5.30. The number of Topliss-reactive ketones (excluding diaryl/α,β-unsaturated/α-hetero) is 1. The van der Waals surface area contributed by atoms with Gasteiger partial charge in [0.15, 0.2) is 5.78 Å². The minimum Gasteiger partial charge on any atom is -0.417 e. The topological polar surface area (TPSA) is 120 Å². The molecule has 0 atom stereocenters. The predicted molar refractivity (Wildman–Crippen MR) is 70.9 cm³/mol. The van der Waals surface area contributed by atoms with E-state index in [1.807, 2.05) is 0 Å². The molecule has 0 aliphatic heterocycles. The molecule has 2 rings (SSSR count). The Labute approximate surface area is 118 Å². The maximum atomic E-state index is 11.3. The fourth-order valence-electron chi connectivity index (χ4n) is 1.61. The lowest BCUT2D eigenvalue weighted by Crippen LogP contribution is -2.34. The molecule has 1 aromatic carbocycles. The lowest BCUT2D eigenvalue weighted by atomic mass is 10.1. The second-order valence-electron chi connectivity index (χ2n) is 3.73. The number of aliphatic hydroxyl groups is 3. The van der Waals surface area contributed by atoms with Crippen molar-refractivity contribution in [2.75, 3.05) is 0 Å². The zero-order chi connectivity index (χ0) is 15.3. The summed E-state index contributed by atoms with van der Waals surface area (Å²) in [4.78, 5) is 22.8. The van der Waals surface area contributed by atoms with Crippen molar-refractivity contribution in [3.63, 3.8) is 0 Å². The highest BCUT2D eigenvalue weighted by Gasteiger charge is 2.21. The van der Waals surface area contributed by atoms with E-state index in [1.165, 1.54) is 19.1 Å². The number of hydrogen-bond acceptors (Lipinski definition) is 6. The zero-order valence-corrected chi connectivity index (χ0v) is 11.1. The van der Waals surface area contributed by atoms with E-state index in [1.54, 1.807) is 12.3 Å². The molecule has 7 nitrogen and oxygen atoms in total. The third-order valence-corrected chi connectivity index (χ3v) is 2.29. The van der Waals surface area contributed by atoms with Gasteiger partial charge < -0.3 is 25.0 Å². The van der Waals surface area contributed by atoms with Gasteiger partial charge >= 0.3 is 6.16 Å². The van der Waals surface area contributed by atoms with Crippen LogP contribution in [0.15, 0.2) is 24.4 Å². The molecule has 0 fully saturated rings. The molecule has 0 aliphatic carbocycles. The summed E-state index contributed by atoms with van der Waals surface area (Å²) in [6, 6.07) is 4.46. The first-order valence-corrected chi connectivity index (χ1v) is 5.74. The second-order valence-corrected chi connectivity index (χ2v) is 3.91. The zero-order valence-electron chi connectivity index (χ0n) is 10.3. The van der Waals surface area contributed by atoms with Gasteiger partial charge in [0.2, 0.25) is 5.75 Å². The van der Waals surface area contributed by atoms with Crippen molar-refractivity contribution in [1.82, 2.24) is 4.98 Å². The number of fused-ring (bicyclic) bond motifs is 1. The Hall–Kier alpha value is -1.93. The van der Waals surface area contributed by atoms with Gasteiger partial charge in [0.1, 0.15) is 5.75 Å². The number of ketones is 1. The minimum absolute atomic E-state index is 0.0344. The van der Waals surface area contributed by atoms with E-state index >= 15 is 0 Å². The van der Waals surface area contributed by atoms with Crippen LogP contribution in [-0.4, -0.2) is 38.0 Å². The smallest absolute Gasteiger partial charge is 0.417 e. The Balaban J connectivity index is 0.000000612. The fraction of sp³-hybridized carbons (Fsp3) is 0.167. The second kappa shape index (κ2) is 6.49. The SMILES string of the molecule is CC(=O)c1c[nH]c2ccc(OC(O)(O)O)cc12.O=CCl. The number of hydrogen-bond donors (Lipinski definition) is 4. The Bertz CT molecular complexity index is 616. The molecule has 0 radical (unpaired) electrons. The Morgan fingerprint density at radius 3 is 2.50 bits per heavy atom. The van der Waals surface area contributed by atoms with Crippen molar-refractivity contribution in [3.8, 4) is 5.75 Å². The number of benzene rings is 1. The van der Waals surface area contributed by atoms with Gasteiger partial charge in [-0.15, -0.1) is 0 Å². The van der Waals surface area contributed by atoms with Crippen LogP contribution in [0.2, 0.25) is 0 Å². The van der Waals surface area contributed by atoms with E-state index in [-0.39, 0.29) is 17.3 Å². The van der Waals surface area contributed by atoms with Crippen LogP contribution in [0.25, 0.3) is 10.9 Å². The van der Waals surface area contributed by atoms with Gasteiger partial charge in [0.25, 0.3) is 0 Å². The summed E-state index contributed by atoms with van der Waals surface area (Å²) in [7, 11) is 0. The number of rotatable bonds is 3. The number of aromatic nitrogens is 1. The van der Waals surface area contributed by atoms with E-state index in [4.69, 9.17) is 20.1 Å². The third-order valence-electron chi connectivity index (χ3n) is 2.29. The molecule has 8 heteroatoms. The highest BCUT2D eigenvalue weighted by atomic mass is 35.5. The van der Waals surface area contributed by atoms with E-state index in [0.717, 1.165) is 0 Å². The van der Waals surface area contributed by atoms with E-state index in [2.05, 4.69) is 21.3 Å². The molecule has 1 aromatic heterocycles. The number of halogens is 1. The Morgan fingerprint density at radius 1 is 1.40 bits per heavy atom. The fourth-order valence-corrected chi connectivity index (χ4v) is 1.61. The number of H-pyrrole nitrogens is 1. The van der Waals surface area contributed by atoms with Gasteiger partial charge in [0, 0.05) is 22.7 Å². The van der Waals surface area contributed by atoms with Crippen molar-refractivity contribution in [2.45, 2.75) is 13.1 Å². The molecule has 4 N–H and O–H groups in total. The predicted octanol–water partition coefficient (Wildman–Crippen LogP) is 0.753. The highest BCUT2D eigenvalue weighted by Crippen LogP contribution is 2.25. The monoisotopic (exact) mass is 301 g/mol. The van der Waals surface area contributed by atoms with Crippen molar-refractivity contribution < 1.29 is 29.6 Å². The van der Waals surface area contributed by atoms with Gasteiger partial charge in [-0.2, -0.15) is 0 Å². The quantitative estimate of drug-likeness (QED) is 0.287. The molecule has 0 saturated carbocycles. The summed E-state index contributed by atoms with van der Waals surface area (Å²) in [5.74, 6) is 0.128. The van der Waals surface area contributed by atoms with Crippen LogP contribution in [0.4, 0.5) is 0 Å². The molecule has 0 aliphatic rings. The molecular weight excluding hydrogens is 290 g/mol. The molecular formula is C12H12ClNO6. The number of carbonyl (C=O) groups excluding carboxylic acids is 2. The number of nitrogens with one attached hydrogen (secondary N) is 1. The van der Waals surface area contributed by atoms with Crippen LogP contribution in [0.1, 0.15) is 17.3 Å². The number of carbonyl (C=O) groups is 2. The molecule has 0 amide bonds. The van der Waals surface area contributed by atoms with E-state index < -0.39 is 6.16 Å². The maximum absolute atomic E-state index is 11.3. The van der Waals surface area contributed by atoms with Gasteiger partial charge in [0.05, 0.1) is 0 Å². The lowest BCUT2D eigenvalue weighted by Gasteiger charge is -2.15. The minimum atomic E-state index is -3.24. The van der Waals surface area contributed by atoms with E-state index in [0.29, 0.717) is 16.5 Å². The summed E-state index contributed by atoms with van der Waals surface area (Å²) < 4.78 is 4.46. The Morgan fingerprint density at radius 2 is 2.00 bits per heavy atom. The van der Waals surface area contributed by atoms with Crippen LogP contribution in [0.5, 0.6) is 5.75 Å².